The Labute approximate surface area is 111 Å². The van der Waals surface area contributed by atoms with Crippen LogP contribution < -0.4 is 5.32 Å². The van der Waals surface area contributed by atoms with Gasteiger partial charge in [0.2, 0.25) is 0 Å². The summed E-state index contributed by atoms with van der Waals surface area (Å²) in [7, 11) is 1.95. The van der Waals surface area contributed by atoms with Crippen molar-refractivity contribution in [3.63, 3.8) is 0 Å². The van der Waals surface area contributed by atoms with Crippen molar-refractivity contribution < 1.29 is 9.21 Å². The van der Waals surface area contributed by atoms with Gasteiger partial charge in [0.15, 0.2) is 0 Å². The number of carbonyl (C=O) groups is 1. The molecule has 2 heterocycles. The Bertz CT molecular complexity index is 612. The third kappa shape index (κ3) is 2.05. The second-order valence-electron chi connectivity index (χ2n) is 4.98. The fourth-order valence-electron chi connectivity index (χ4n) is 2.71. The Hall–Kier alpha value is -2.04. The number of rotatable bonds is 2. The molecule has 0 saturated heterocycles. The smallest absolute Gasteiger partial charge is 0.255 e. The van der Waals surface area contributed by atoms with E-state index in [1.807, 2.05) is 17.9 Å². The second-order valence-corrected chi connectivity index (χ2v) is 4.98. The van der Waals surface area contributed by atoms with E-state index in [0.29, 0.717) is 11.3 Å². The molecule has 100 valence electrons. The highest BCUT2D eigenvalue weighted by molar-refractivity contribution is 5.95. The molecule has 2 aromatic heterocycles. The predicted octanol–water partition coefficient (Wildman–Crippen LogP) is 2.13. The lowest BCUT2D eigenvalue weighted by atomic mass is 9.93. The first-order valence-corrected chi connectivity index (χ1v) is 6.52. The third-order valence-corrected chi connectivity index (χ3v) is 3.78. The molecule has 0 saturated carbocycles. The highest BCUT2D eigenvalue weighted by atomic mass is 16.3. The van der Waals surface area contributed by atoms with Gasteiger partial charge in [-0.1, -0.05) is 0 Å². The van der Waals surface area contributed by atoms with Gasteiger partial charge in [0.25, 0.3) is 5.91 Å². The van der Waals surface area contributed by atoms with Gasteiger partial charge in [-0.25, -0.2) is 0 Å². The van der Waals surface area contributed by atoms with Gasteiger partial charge in [-0.3, -0.25) is 9.48 Å². The minimum absolute atomic E-state index is 0.0549. The Morgan fingerprint density at radius 2 is 2.42 bits per heavy atom. The SMILES string of the molecule is Cc1occc1C(=O)N[C@H]1CCCc2c1cnn2C. The molecule has 0 bridgehead atoms. The number of carbonyl (C=O) groups excluding carboxylic acids is 1. The molecule has 1 aliphatic rings. The van der Waals surface area contributed by atoms with E-state index in [0.717, 1.165) is 24.8 Å². The average Bonchev–Trinajstić information content (AvgIpc) is 2.97. The molecule has 0 radical (unpaired) electrons. The lowest BCUT2D eigenvalue weighted by Crippen LogP contribution is -2.31. The van der Waals surface area contributed by atoms with Crippen molar-refractivity contribution in [2.45, 2.75) is 32.2 Å². The molecule has 0 fully saturated rings. The third-order valence-electron chi connectivity index (χ3n) is 3.78. The van der Waals surface area contributed by atoms with Crippen molar-refractivity contribution in [1.29, 1.82) is 0 Å². The molecule has 0 unspecified atom stereocenters. The summed E-state index contributed by atoms with van der Waals surface area (Å²) >= 11 is 0. The molecule has 5 nitrogen and oxygen atoms in total. The monoisotopic (exact) mass is 259 g/mol. The summed E-state index contributed by atoms with van der Waals surface area (Å²) in [5.74, 6) is 0.577. The fourth-order valence-corrected chi connectivity index (χ4v) is 2.71. The van der Waals surface area contributed by atoms with Gasteiger partial charge in [-0.2, -0.15) is 5.10 Å². The van der Waals surface area contributed by atoms with Gasteiger partial charge in [0, 0.05) is 18.3 Å². The molecule has 19 heavy (non-hydrogen) atoms. The fraction of sp³-hybridized carbons (Fsp3) is 0.429. The van der Waals surface area contributed by atoms with E-state index in [9.17, 15) is 4.79 Å². The molecular formula is C14H17N3O2. The minimum atomic E-state index is -0.0760. The number of nitrogens with zero attached hydrogens (tertiary/aromatic N) is 2. The van der Waals surface area contributed by atoms with Crippen LogP contribution in [-0.4, -0.2) is 15.7 Å². The van der Waals surface area contributed by atoms with Crippen LogP contribution >= 0.6 is 0 Å². The highest BCUT2D eigenvalue weighted by Crippen LogP contribution is 2.29. The van der Waals surface area contributed by atoms with E-state index in [1.165, 1.54) is 5.69 Å². The topological polar surface area (TPSA) is 60.1 Å². The molecule has 1 amide bonds. The predicted molar refractivity (Wildman–Crippen MR) is 69.8 cm³/mol. The molecule has 2 aromatic rings. The average molecular weight is 259 g/mol. The Kier molecular flexibility index (Phi) is 2.89. The minimum Gasteiger partial charge on any atom is -0.469 e. The molecule has 1 N–H and O–H groups in total. The number of fused-ring (bicyclic) bond motifs is 1. The summed E-state index contributed by atoms with van der Waals surface area (Å²) < 4.78 is 7.07. The van der Waals surface area contributed by atoms with E-state index in [2.05, 4.69) is 10.4 Å². The zero-order chi connectivity index (χ0) is 13.4. The lowest BCUT2D eigenvalue weighted by Gasteiger charge is -2.23. The van der Waals surface area contributed by atoms with Crippen LogP contribution in [0.15, 0.2) is 22.9 Å². The summed E-state index contributed by atoms with van der Waals surface area (Å²) in [6.07, 6.45) is 6.47. The molecule has 1 aliphatic carbocycles. The zero-order valence-electron chi connectivity index (χ0n) is 11.1. The number of amides is 1. The Morgan fingerprint density at radius 1 is 1.58 bits per heavy atom. The number of aromatic nitrogens is 2. The maximum Gasteiger partial charge on any atom is 0.255 e. The van der Waals surface area contributed by atoms with Crippen molar-refractivity contribution in [2.75, 3.05) is 0 Å². The first-order chi connectivity index (χ1) is 9.16. The van der Waals surface area contributed by atoms with Crippen molar-refractivity contribution in [3.8, 4) is 0 Å². The molecule has 3 rings (SSSR count). The number of furan rings is 1. The van der Waals surface area contributed by atoms with Crippen LogP contribution in [0.4, 0.5) is 0 Å². The van der Waals surface area contributed by atoms with Crippen LogP contribution in [-0.2, 0) is 13.5 Å². The molecule has 5 heteroatoms. The number of hydrogen-bond acceptors (Lipinski definition) is 3. The first kappa shape index (κ1) is 12.0. The van der Waals surface area contributed by atoms with Gasteiger partial charge in [-0.05, 0) is 32.3 Å². The number of nitrogens with one attached hydrogen (secondary N) is 1. The normalized spacial score (nSPS) is 18.1. The summed E-state index contributed by atoms with van der Waals surface area (Å²) in [4.78, 5) is 12.2. The molecular weight excluding hydrogens is 242 g/mol. The maximum atomic E-state index is 12.2. The van der Waals surface area contributed by atoms with Gasteiger partial charge in [0.05, 0.1) is 24.1 Å². The summed E-state index contributed by atoms with van der Waals surface area (Å²) in [5, 5.41) is 7.36. The quantitative estimate of drug-likeness (QED) is 0.898. The van der Waals surface area contributed by atoms with E-state index in [4.69, 9.17) is 4.42 Å². The second kappa shape index (κ2) is 4.57. The number of aryl methyl sites for hydroxylation is 2. The first-order valence-electron chi connectivity index (χ1n) is 6.52. The van der Waals surface area contributed by atoms with Crippen molar-refractivity contribution >= 4 is 5.91 Å². The molecule has 0 aromatic carbocycles. The van der Waals surface area contributed by atoms with Crippen LogP contribution in [0.1, 0.15) is 46.3 Å². The van der Waals surface area contributed by atoms with Crippen LogP contribution in [0.3, 0.4) is 0 Å². The molecule has 0 spiro atoms. The Balaban J connectivity index is 1.82. The van der Waals surface area contributed by atoms with Crippen molar-refractivity contribution in [2.24, 2.45) is 7.05 Å². The highest BCUT2D eigenvalue weighted by Gasteiger charge is 2.25. The molecule has 1 atom stereocenters. The van der Waals surface area contributed by atoms with Crippen LogP contribution in [0.25, 0.3) is 0 Å². The van der Waals surface area contributed by atoms with E-state index < -0.39 is 0 Å². The van der Waals surface area contributed by atoms with Crippen molar-refractivity contribution in [3.05, 3.63) is 41.1 Å². The van der Waals surface area contributed by atoms with E-state index in [1.54, 1.807) is 19.3 Å². The van der Waals surface area contributed by atoms with Gasteiger partial charge in [-0.15, -0.1) is 0 Å². The zero-order valence-corrected chi connectivity index (χ0v) is 11.1. The van der Waals surface area contributed by atoms with Gasteiger partial charge in [0.1, 0.15) is 5.76 Å². The van der Waals surface area contributed by atoms with Crippen LogP contribution in [0.5, 0.6) is 0 Å². The molecule has 0 aliphatic heterocycles. The van der Waals surface area contributed by atoms with E-state index >= 15 is 0 Å². The van der Waals surface area contributed by atoms with E-state index in [-0.39, 0.29) is 11.9 Å². The lowest BCUT2D eigenvalue weighted by molar-refractivity contribution is 0.0931. The summed E-state index contributed by atoms with van der Waals surface area (Å²) in [6.45, 7) is 1.80. The van der Waals surface area contributed by atoms with Crippen LogP contribution in [0.2, 0.25) is 0 Å². The van der Waals surface area contributed by atoms with Crippen molar-refractivity contribution in [1.82, 2.24) is 15.1 Å². The Morgan fingerprint density at radius 3 is 3.16 bits per heavy atom. The summed E-state index contributed by atoms with van der Waals surface area (Å²) in [6, 6.07) is 1.76. The maximum absolute atomic E-state index is 12.2. The van der Waals surface area contributed by atoms with Gasteiger partial charge < -0.3 is 9.73 Å². The standard InChI is InChI=1S/C14H17N3O2/c1-9-10(6-7-19-9)14(18)16-12-4-3-5-13-11(12)8-15-17(13)2/h6-8,12H,3-5H2,1-2H3,(H,16,18)/t12-/m0/s1. The number of hydrogen-bond donors (Lipinski definition) is 1. The van der Waals surface area contributed by atoms with Gasteiger partial charge >= 0.3 is 0 Å². The largest absolute Gasteiger partial charge is 0.469 e. The summed E-state index contributed by atoms with van der Waals surface area (Å²) in [5.41, 5.74) is 2.97. The van der Waals surface area contributed by atoms with Crippen LogP contribution in [0, 0.1) is 6.92 Å².